The van der Waals surface area contributed by atoms with E-state index >= 15 is 0 Å². The topological polar surface area (TPSA) is 34.1 Å². The minimum Gasteiger partial charge on any atom is -0.300 e. The fourth-order valence-corrected chi connectivity index (χ4v) is 2.31. The minimum atomic E-state index is -0.200. The molecule has 0 aromatic rings. The van der Waals surface area contributed by atoms with E-state index in [1.807, 2.05) is 0 Å². The van der Waals surface area contributed by atoms with Gasteiger partial charge in [-0.2, -0.15) is 0 Å². The van der Waals surface area contributed by atoms with Crippen molar-refractivity contribution in [3.8, 4) is 0 Å². The highest BCUT2D eigenvalue weighted by Crippen LogP contribution is 2.42. The summed E-state index contributed by atoms with van der Waals surface area (Å²) in [5.74, 6) is 0.936. The van der Waals surface area contributed by atoms with Gasteiger partial charge in [0.25, 0.3) is 0 Å². The van der Waals surface area contributed by atoms with Crippen LogP contribution in [-0.2, 0) is 9.59 Å². The van der Waals surface area contributed by atoms with Crippen molar-refractivity contribution in [3.63, 3.8) is 0 Å². The predicted molar refractivity (Wildman–Crippen MR) is 51.4 cm³/mol. The standard InChI is InChI=1S/C11H18O2/c1-8(2)11(9(3)12)6-4-10(13)5-7-11/h8H,4-7H2,1-3H3. The SMILES string of the molecule is CC(=O)C1(C(C)C)CCC(=O)CC1. The Morgan fingerprint density at radius 3 is 2.08 bits per heavy atom. The molecule has 74 valence electrons. The van der Waals surface area contributed by atoms with E-state index in [0.717, 1.165) is 12.8 Å². The number of carbonyl (C=O) groups is 2. The van der Waals surface area contributed by atoms with E-state index in [1.54, 1.807) is 6.92 Å². The van der Waals surface area contributed by atoms with Crippen molar-refractivity contribution in [2.75, 3.05) is 0 Å². The molecule has 0 aromatic carbocycles. The van der Waals surface area contributed by atoms with Crippen LogP contribution in [0.25, 0.3) is 0 Å². The number of rotatable bonds is 2. The van der Waals surface area contributed by atoms with Gasteiger partial charge in [0.15, 0.2) is 0 Å². The van der Waals surface area contributed by atoms with Crippen LogP contribution in [0.2, 0.25) is 0 Å². The first-order valence-electron chi connectivity index (χ1n) is 5.02. The van der Waals surface area contributed by atoms with Crippen LogP contribution in [0, 0.1) is 11.3 Å². The van der Waals surface area contributed by atoms with E-state index in [1.165, 1.54) is 0 Å². The zero-order valence-corrected chi connectivity index (χ0v) is 8.72. The second-order valence-electron chi connectivity index (χ2n) is 4.41. The molecule has 2 nitrogen and oxygen atoms in total. The van der Waals surface area contributed by atoms with Gasteiger partial charge in [0.2, 0.25) is 0 Å². The molecule has 0 aliphatic heterocycles. The molecule has 0 N–H and O–H groups in total. The maximum atomic E-state index is 11.6. The Hall–Kier alpha value is -0.660. The van der Waals surface area contributed by atoms with E-state index in [0.29, 0.717) is 24.5 Å². The maximum absolute atomic E-state index is 11.6. The van der Waals surface area contributed by atoms with Crippen molar-refractivity contribution in [1.29, 1.82) is 0 Å². The van der Waals surface area contributed by atoms with Gasteiger partial charge < -0.3 is 0 Å². The quantitative estimate of drug-likeness (QED) is 0.657. The van der Waals surface area contributed by atoms with E-state index in [9.17, 15) is 9.59 Å². The summed E-state index contributed by atoms with van der Waals surface area (Å²) in [6.45, 7) is 5.82. The molecule has 0 radical (unpaired) electrons. The Bertz CT molecular complexity index is 218. The summed E-state index contributed by atoms with van der Waals surface area (Å²) < 4.78 is 0. The molecule has 0 heterocycles. The van der Waals surface area contributed by atoms with Crippen LogP contribution < -0.4 is 0 Å². The third-order valence-corrected chi connectivity index (χ3v) is 3.51. The average Bonchev–Trinajstić information content (AvgIpc) is 2.04. The first-order chi connectivity index (χ1) is 5.99. The Balaban J connectivity index is 2.81. The lowest BCUT2D eigenvalue weighted by molar-refractivity contribution is -0.134. The van der Waals surface area contributed by atoms with E-state index in [-0.39, 0.29) is 11.2 Å². The lowest BCUT2D eigenvalue weighted by atomic mass is 9.64. The summed E-state index contributed by atoms with van der Waals surface area (Å²) in [7, 11) is 0. The molecule has 0 aromatic heterocycles. The predicted octanol–water partition coefficient (Wildman–Crippen LogP) is 2.36. The van der Waals surface area contributed by atoms with Crippen LogP contribution in [0.1, 0.15) is 46.5 Å². The number of hydrogen-bond acceptors (Lipinski definition) is 2. The van der Waals surface area contributed by atoms with E-state index < -0.39 is 0 Å². The van der Waals surface area contributed by atoms with Crippen LogP contribution in [0.3, 0.4) is 0 Å². The molecule has 0 amide bonds. The third kappa shape index (κ3) is 1.82. The first kappa shape index (κ1) is 10.4. The lowest BCUT2D eigenvalue weighted by Crippen LogP contribution is -2.38. The molecule has 0 spiro atoms. The Kier molecular flexibility index (Phi) is 2.89. The summed E-state index contributed by atoms with van der Waals surface area (Å²) in [5, 5.41) is 0. The highest BCUT2D eigenvalue weighted by atomic mass is 16.1. The van der Waals surface area contributed by atoms with Gasteiger partial charge in [-0.1, -0.05) is 13.8 Å². The molecular formula is C11H18O2. The highest BCUT2D eigenvalue weighted by Gasteiger charge is 2.41. The van der Waals surface area contributed by atoms with E-state index in [4.69, 9.17) is 0 Å². The summed E-state index contributed by atoms with van der Waals surface area (Å²) in [6.07, 6.45) is 2.72. The number of hydrogen-bond donors (Lipinski definition) is 0. The zero-order chi connectivity index (χ0) is 10.1. The zero-order valence-electron chi connectivity index (χ0n) is 8.72. The van der Waals surface area contributed by atoms with Gasteiger partial charge in [0.1, 0.15) is 11.6 Å². The second-order valence-corrected chi connectivity index (χ2v) is 4.41. The Morgan fingerprint density at radius 2 is 1.77 bits per heavy atom. The minimum absolute atomic E-state index is 0.200. The van der Waals surface area contributed by atoms with Gasteiger partial charge in [-0.25, -0.2) is 0 Å². The van der Waals surface area contributed by atoms with Crippen molar-refractivity contribution in [2.24, 2.45) is 11.3 Å². The molecule has 0 saturated heterocycles. The van der Waals surface area contributed by atoms with Crippen LogP contribution >= 0.6 is 0 Å². The van der Waals surface area contributed by atoms with Gasteiger partial charge in [-0.05, 0) is 25.7 Å². The second kappa shape index (κ2) is 3.60. The summed E-state index contributed by atoms with van der Waals surface area (Å²) in [6, 6.07) is 0. The average molecular weight is 182 g/mol. The maximum Gasteiger partial charge on any atom is 0.136 e. The summed E-state index contributed by atoms with van der Waals surface area (Å²) in [5.41, 5.74) is -0.200. The largest absolute Gasteiger partial charge is 0.300 e. The van der Waals surface area contributed by atoms with Crippen LogP contribution in [0.15, 0.2) is 0 Å². The van der Waals surface area contributed by atoms with Gasteiger partial charge in [-0.15, -0.1) is 0 Å². The summed E-state index contributed by atoms with van der Waals surface area (Å²) in [4.78, 5) is 22.6. The molecule has 0 unspecified atom stereocenters. The molecule has 1 fully saturated rings. The summed E-state index contributed by atoms with van der Waals surface area (Å²) >= 11 is 0. The molecular weight excluding hydrogens is 164 g/mol. The molecule has 1 aliphatic carbocycles. The molecule has 0 bridgehead atoms. The number of Topliss-reactive ketones (excluding diaryl/α,β-unsaturated/α-hetero) is 2. The van der Waals surface area contributed by atoms with Crippen molar-refractivity contribution in [1.82, 2.24) is 0 Å². The smallest absolute Gasteiger partial charge is 0.136 e. The van der Waals surface area contributed by atoms with Crippen molar-refractivity contribution in [2.45, 2.75) is 46.5 Å². The fraction of sp³-hybridized carbons (Fsp3) is 0.818. The number of ketones is 2. The molecule has 1 aliphatic rings. The molecule has 1 rings (SSSR count). The molecule has 0 atom stereocenters. The number of carbonyl (C=O) groups excluding carboxylic acids is 2. The lowest BCUT2D eigenvalue weighted by Gasteiger charge is -2.38. The third-order valence-electron chi connectivity index (χ3n) is 3.51. The Labute approximate surface area is 79.7 Å². The molecule has 1 saturated carbocycles. The van der Waals surface area contributed by atoms with Gasteiger partial charge >= 0.3 is 0 Å². The van der Waals surface area contributed by atoms with Gasteiger partial charge in [0.05, 0.1) is 0 Å². The van der Waals surface area contributed by atoms with Gasteiger partial charge in [-0.3, -0.25) is 9.59 Å². The van der Waals surface area contributed by atoms with Crippen molar-refractivity contribution in [3.05, 3.63) is 0 Å². The highest BCUT2D eigenvalue weighted by molar-refractivity contribution is 5.87. The Morgan fingerprint density at radius 1 is 1.31 bits per heavy atom. The first-order valence-corrected chi connectivity index (χ1v) is 5.02. The van der Waals surface area contributed by atoms with Crippen molar-refractivity contribution >= 4 is 11.6 Å². The van der Waals surface area contributed by atoms with E-state index in [2.05, 4.69) is 13.8 Å². The van der Waals surface area contributed by atoms with Crippen LogP contribution in [-0.4, -0.2) is 11.6 Å². The van der Waals surface area contributed by atoms with Crippen LogP contribution in [0.5, 0.6) is 0 Å². The molecule has 13 heavy (non-hydrogen) atoms. The van der Waals surface area contributed by atoms with Crippen LogP contribution in [0.4, 0.5) is 0 Å². The fourth-order valence-electron chi connectivity index (χ4n) is 2.31. The van der Waals surface area contributed by atoms with Crippen molar-refractivity contribution < 1.29 is 9.59 Å². The molecule has 2 heteroatoms. The monoisotopic (exact) mass is 182 g/mol. The van der Waals surface area contributed by atoms with Gasteiger partial charge in [0, 0.05) is 18.3 Å². The normalized spacial score (nSPS) is 22.0.